The van der Waals surface area contributed by atoms with Crippen molar-refractivity contribution in [1.29, 1.82) is 5.26 Å². The molecule has 0 fully saturated rings. The molecule has 0 N–H and O–H groups in total. The quantitative estimate of drug-likeness (QED) is 0.793. The summed E-state index contributed by atoms with van der Waals surface area (Å²) in [5.74, 6) is 0.660. The Morgan fingerprint density at radius 3 is 2.89 bits per heavy atom. The molecule has 0 aromatic heterocycles. The molecule has 0 saturated carbocycles. The second-order valence-electron chi connectivity index (χ2n) is 5.61. The highest BCUT2D eigenvalue weighted by Gasteiger charge is 2.23. The Morgan fingerprint density at radius 2 is 2.21 bits per heavy atom. The summed E-state index contributed by atoms with van der Waals surface area (Å²) in [5, 5.41) is 9.42. The van der Waals surface area contributed by atoms with Crippen LogP contribution in [0, 0.1) is 17.2 Å². The van der Waals surface area contributed by atoms with Crippen LogP contribution in [0.15, 0.2) is 29.2 Å². The first-order valence-electron chi connectivity index (χ1n) is 7.03. The zero-order chi connectivity index (χ0) is 13.7. The van der Waals surface area contributed by atoms with Gasteiger partial charge in [0.2, 0.25) is 0 Å². The van der Waals surface area contributed by atoms with E-state index in [0.717, 1.165) is 19.6 Å². The molecule has 2 rings (SSSR count). The molecule has 1 aromatic rings. The predicted octanol–water partition coefficient (Wildman–Crippen LogP) is 3.58. The van der Waals surface area contributed by atoms with Gasteiger partial charge in [0.1, 0.15) is 0 Å². The highest BCUT2D eigenvalue weighted by Crippen LogP contribution is 2.37. The van der Waals surface area contributed by atoms with Gasteiger partial charge in [0.15, 0.2) is 0 Å². The lowest BCUT2D eigenvalue weighted by molar-refractivity contribution is 0.250. The van der Waals surface area contributed by atoms with Gasteiger partial charge < -0.3 is 4.90 Å². The first-order chi connectivity index (χ1) is 9.19. The Balaban J connectivity index is 1.90. The van der Waals surface area contributed by atoms with Crippen LogP contribution in [0.5, 0.6) is 0 Å². The van der Waals surface area contributed by atoms with Gasteiger partial charge in [-0.25, -0.2) is 0 Å². The van der Waals surface area contributed by atoms with Gasteiger partial charge in [-0.1, -0.05) is 32.0 Å². The summed E-state index contributed by atoms with van der Waals surface area (Å²) in [7, 11) is 0. The van der Waals surface area contributed by atoms with E-state index in [-0.39, 0.29) is 0 Å². The van der Waals surface area contributed by atoms with Gasteiger partial charge in [-0.3, -0.25) is 0 Å². The van der Waals surface area contributed by atoms with Crippen molar-refractivity contribution in [3.63, 3.8) is 0 Å². The van der Waals surface area contributed by atoms with Crippen LogP contribution < -0.4 is 0 Å². The summed E-state index contributed by atoms with van der Waals surface area (Å²) >= 11 is 2.00. The molecular weight excluding hydrogens is 252 g/mol. The van der Waals surface area contributed by atoms with Gasteiger partial charge in [-0.2, -0.15) is 5.26 Å². The molecule has 0 saturated heterocycles. The first-order valence-corrected chi connectivity index (χ1v) is 7.91. The lowest BCUT2D eigenvalue weighted by Gasteiger charge is -2.25. The molecule has 1 heterocycles. The molecule has 0 amide bonds. The number of nitrogens with zero attached hydrogens (tertiary/aromatic N) is 2. The van der Waals surface area contributed by atoms with E-state index in [0.29, 0.717) is 17.6 Å². The maximum atomic E-state index is 8.77. The third-order valence-electron chi connectivity index (χ3n) is 3.34. The van der Waals surface area contributed by atoms with Crippen LogP contribution >= 0.6 is 11.8 Å². The maximum Gasteiger partial charge on any atom is 0.0635 e. The van der Waals surface area contributed by atoms with Gasteiger partial charge in [-0.05, 0) is 24.0 Å². The number of benzene rings is 1. The average Bonchev–Trinajstić information content (AvgIpc) is 2.77. The number of fused-ring (bicyclic) bond motifs is 1. The Hall–Kier alpha value is -0.980. The smallest absolute Gasteiger partial charge is 0.0635 e. The molecule has 1 unspecified atom stereocenters. The molecule has 1 aliphatic rings. The van der Waals surface area contributed by atoms with Crippen LogP contribution in [-0.4, -0.2) is 29.8 Å². The van der Waals surface area contributed by atoms with Crippen molar-refractivity contribution in [2.45, 2.75) is 36.8 Å². The predicted molar refractivity (Wildman–Crippen MR) is 81.3 cm³/mol. The van der Waals surface area contributed by atoms with Gasteiger partial charge in [0.25, 0.3) is 0 Å². The summed E-state index contributed by atoms with van der Waals surface area (Å²) in [5.41, 5.74) is 1.49. The molecule has 19 heavy (non-hydrogen) atoms. The highest BCUT2D eigenvalue weighted by molar-refractivity contribution is 8.00. The zero-order valence-corrected chi connectivity index (χ0v) is 12.6. The summed E-state index contributed by atoms with van der Waals surface area (Å²) in [4.78, 5) is 3.90. The van der Waals surface area contributed by atoms with Crippen molar-refractivity contribution in [2.75, 3.05) is 19.6 Å². The van der Waals surface area contributed by atoms with E-state index in [1.54, 1.807) is 0 Å². The van der Waals surface area contributed by atoms with Crippen molar-refractivity contribution < 1.29 is 0 Å². The van der Waals surface area contributed by atoms with Crippen LogP contribution in [0.4, 0.5) is 0 Å². The summed E-state index contributed by atoms with van der Waals surface area (Å²) in [6.07, 6.45) is 1.80. The number of nitriles is 1. The minimum absolute atomic E-state index is 0.636. The van der Waals surface area contributed by atoms with Crippen LogP contribution in [-0.2, 0) is 6.42 Å². The van der Waals surface area contributed by atoms with Crippen LogP contribution in [0.3, 0.4) is 0 Å². The molecule has 0 bridgehead atoms. The Bertz CT molecular complexity index is 425. The molecule has 3 heteroatoms. The second kappa shape index (κ2) is 6.98. The molecule has 0 radical (unpaired) electrons. The van der Waals surface area contributed by atoms with Crippen molar-refractivity contribution in [2.24, 2.45) is 5.92 Å². The Labute approximate surface area is 120 Å². The van der Waals surface area contributed by atoms with E-state index in [9.17, 15) is 0 Å². The normalized spacial score (nSPS) is 17.7. The number of hydrogen-bond donors (Lipinski definition) is 0. The van der Waals surface area contributed by atoms with E-state index in [1.165, 1.54) is 16.9 Å². The van der Waals surface area contributed by atoms with Crippen LogP contribution in [0.25, 0.3) is 0 Å². The average molecular weight is 274 g/mol. The van der Waals surface area contributed by atoms with Gasteiger partial charge in [-0.15, -0.1) is 11.8 Å². The van der Waals surface area contributed by atoms with E-state index in [2.05, 4.69) is 49.1 Å². The van der Waals surface area contributed by atoms with Gasteiger partial charge in [0.05, 0.1) is 6.07 Å². The molecule has 1 atom stereocenters. The van der Waals surface area contributed by atoms with E-state index >= 15 is 0 Å². The first kappa shape index (κ1) is 14.4. The van der Waals surface area contributed by atoms with Crippen LogP contribution in [0.2, 0.25) is 0 Å². The van der Waals surface area contributed by atoms with Crippen molar-refractivity contribution in [3.05, 3.63) is 29.8 Å². The number of thioether (sulfide) groups is 1. The monoisotopic (exact) mass is 274 g/mol. The molecule has 102 valence electrons. The largest absolute Gasteiger partial charge is 0.301 e. The molecule has 0 spiro atoms. The lowest BCUT2D eigenvalue weighted by Crippen LogP contribution is -2.34. The molecular formula is C16H22N2S. The molecule has 0 aliphatic carbocycles. The van der Waals surface area contributed by atoms with Crippen LogP contribution in [0.1, 0.15) is 25.8 Å². The van der Waals surface area contributed by atoms with Crippen molar-refractivity contribution >= 4 is 11.8 Å². The maximum absolute atomic E-state index is 8.77. The molecule has 2 nitrogen and oxygen atoms in total. The third kappa shape index (κ3) is 4.26. The lowest BCUT2D eigenvalue weighted by atomic mass is 10.1. The standard InChI is InChI=1S/C16H22N2S/c1-13(2)11-18(9-5-8-17)12-15-10-14-6-3-4-7-16(14)19-15/h3-4,6-7,13,15H,5,9-12H2,1-2H3. The third-order valence-corrected chi connectivity index (χ3v) is 4.64. The van der Waals surface area contributed by atoms with E-state index in [4.69, 9.17) is 5.26 Å². The summed E-state index contributed by atoms with van der Waals surface area (Å²) < 4.78 is 0. The minimum Gasteiger partial charge on any atom is -0.301 e. The topological polar surface area (TPSA) is 27.0 Å². The summed E-state index contributed by atoms with van der Waals surface area (Å²) in [6.45, 7) is 7.59. The summed E-state index contributed by atoms with van der Waals surface area (Å²) in [6, 6.07) is 11.0. The van der Waals surface area contributed by atoms with Crippen molar-refractivity contribution in [1.82, 2.24) is 4.90 Å². The highest BCUT2D eigenvalue weighted by atomic mass is 32.2. The van der Waals surface area contributed by atoms with E-state index in [1.807, 2.05) is 11.8 Å². The molecule has 1 aliphatic heterocycles. The second-order valence-corrected chi connectivity index (χ2v) is 6.96. The Kier molecular flexibility index (Phi) is 5.30. The minimum atomic E-state index is 0.636. The fourth-order valence-corrected chi connectivity index (χ4v) is 3.99. The van der Waals surface area contributed by atoms with Crippen molar-refractivity contribution in [3.8, 4) is 6.07 Å². The van der Waals surface area contributed by atoms with E-state index < -0.39 is 0 Å². The fraction of sp³-hybridized carbons (Fsp3) is 0.562. The SMILES string of the molecule is CC(C)CN(CCC#N)CC1Cc2ccccc2S1. The van der Waals surface area contributed by atoms with Gasteiger partial charge in [0, 0.05) is 36.2 Å². The van der Waals surface area contributed by atoms with Gasteiger partial charge >= 0.3 is 0 Å². The number of rotatable bonds is 6. The Morgan fingerprint density at radius 1 is 1.42 bits per heavy atom. The molecule has 1 aromatic carbocycles. The number of hydrogen-bond acceptors (Lipinski definition) is 3. The zero-order valence-electron chi connectivity index (χ0n) is 11.8. The fourth-order valence-electron chi connectivity index (χ4n) is 2.63.